The molecule has 3 rings (SSSR count). The highest BCUT2D eigenvalue weighted by atomic mass is 16.5. The van der Waals surface area contributed by atoms with E-state index in [1.807, 2.05) is 0 Å². The van der Waals surface area contributed by atoms with Crippen LogP contribution in [0.2, 0.25) is 0 Å². The molecular weight excluding hydrogens is 240 g/mol. The first-order valence-corrected chi connectivity index (χ1v) is 6.75. The number of carbonyl (C=O) groups is 1. The number of nitrogens with zero attached hydrogens (tertiary/aromatic N) is 2. The molecule has 0 bridgehead atoms. The van der Waals surface area contributed by atoms with Crippen LogP contribution in [0.15, 0.2) is 30.6 Å². The van der Waals surface area contributed by atoms with Crippen molar-refractivity contribution in [2.24, 2.45) is 0 Å². The molecule has 1 aliphatic carbocycles. The van der Waals surface area contributed by atoms with Crippen LogP contribution in [0.25, 0.3) is 11.0 Å². The maximum Gasteiger partial charge on any atom is 0.338 e. The zero-order valence-corrected chi connectivity index (χ0v) is 10.7. The molecule has 0 amide bonds. The monoisotopic (exact) mass is 256 g/mol. The van der Waals surface area contributed by atoms with Crippen LogP contribution in [0.5, 0.6) is 0 Å². The number of hydrogen-bond donors (Lipinski definition) is 0. The molecule has 4 heteroatoms. The fourth-order valence-electron chi connectivity index (χ4n) is 2.49. The molecule has 4 nitrogen and oxygen atoms in total. The van der Waals surface area contributed by atoms with Crippen LogP contribution < -0.4 is 0 Å². The minimum absolute atomic E-state index is 0.0822. The number of carbonyl (C=O) groups excluding carboxylic acids is 1. The van der Waals surface area contributed by atoms with Crippen LogP contribution in [0.3, 0.4) is 0 Å². The summed E-state index contributed by atoms with van der Waals surface area (Å²) in [6, 6.07) is 5.30. The van der Waals surface area contributed by atoms with Crippen LogP contribution in [-0.2, 0) is 4.74 Å². The van der Waals surface area contributed by atoms with Crippen molar-refractivity contribution in [2.45, 2.75) is 38.2 Å². The first-order chi connectivity index (χ1) is 9.33. The quantitative estimate of drug-likeness (QED) is 0.775. The number of fused-ring (bicyclic) bond motifs is 1. The van der Waals surface area contributed by atoms with Gasteiger partial charge in [-0.25, -0.2) is 4.79 Å². The molecule has 98 valence electrons. The van der Waals surface area contributed by atoms with Gasteiger partial charge in [-0.2, -0.15) is 0 Å². The van der Waals surface area contributed by atoms with Gasteiger partial charge in [0, 0.05) is 12.4 Å². The lowest BCUT2D eigenvalue weighted by atomic mass is 9.98. The Kier molecular flexibility index (Phi) is 3.40. The van der Waals surface area contributed by atoms with Gasteiger partial charge in [0.1, 0.15) is 6.10 Å². The van der Waals surface area contributed by atoms with E-state index in [2.05, 4.69) is 9.97 Å². The van der Waals surface area contributed by atoms with E-state index in [9.17, 15) is 4.79 Å². The van der Waals surface area contributed by atoms with Gasteiger partial charge in [-0.3, -0.25) is 9.97 Å². The van der Waals surface area contributed by atoms with Crippen molar-refractivity contribution < 1.29 is 9.53 Å². The zero-order chi connectivity index (χ0) is 13.1. The van der Waals surface area contributed by atoms with Gasteiger partial charge in [-0.15, -0.1) is 0 Å². The summed E-state index contributed by atoms with van der Waals surface area (Å²) in [5.41, 5.74) is 2.07. The Labute approximate surface area is 111 Å². The van der Waals surface area contributed by atoms with Crippen LogP contribution >= 0.6 is 0 Å². The van der Waals surface area contributed by atoms with Gasteiger partial charge in [0.15, 0.2) is 0 Å². The fourth-order valence-corrected chi connectivity index (χ4v) is 2.49. The Morgan fingerprint density at radius 2 is 1.79 bits per heavy atom. The summed E-state index contributed by atoms with van der Waals surface area (Å²) < 4.78 is 5.54. The van der Waals surface area contributed by atoms with Crippen molar-refractivity contribution in [1.29, 1.82) is 0 Å². The molecule has 0 aliphatic heterocycles. The summed E-state index contributed by atoms with van der Waals surface area (Å²) in [4.78, 5) is 20.5. The van der Waals surface area contributed by atoms with Gasteiger partial charge in [0.2, 0.25) is 0 Å². The molecule has 0 unspecified atom stereocenters. The van der Waals surface area contributed by atoms with E-state index in [1.54, 1.807) is 30.6 Å². The lowest BCUT2D eigenvalue weighted by Gasteiger charge is -2.21. The Bertz CT molecular complexity index is 591. The normalized spacial score (nSPS) is 16.4. The highest BCUT2D eigenvalue weighted by Crippen LogP contribution is 2.22. The van der Waals surface area contributed by atoms with Gasteiger partial charge in [0.05, 0.1) is 16.6 Å². The zero-order valence-electron chi connectivity index (χ0n) is 10.7. The minimum Gasteiger partial charge on any atom is -0.459 e. The molecule has 0 atom stereocenters. The topological polar surface area (TPSA) is 52.1 Å². The molecule has 0 saturated heterocycles. The molecule has 0 radical (unpaired) electrons. The molecule has 0 N–H and O–H groups in total. The molecule has 1 saturated carbocycles. The smallest absolute Gasteiger partial charge is 0.338 e. The van der Waals surface area contributed by atoms with Crippen molar-refractivity contribution >= 4 is 17.0 Å². The highest BCUT2D eigenvalue weighted by Gasteiger charge is 2.18. The lowest BCUT2D eigenvalue weighted by Crippen LogP contribution is -2.20. The Morgan fingerprint density at radius 3 is 2.58 bits per heavy atom. The third kappa shape index (κ3) is 2.72. The van der Waals surface area contributed by atoms with E-state index in [1.165, 1.54) is 6.42 Å². The molecule has 19 heavy (non-hydrogen) atoms. The standard InChI is InChI=1S/C15H16N2O2/c18-15(19-12-4-2-1-3-5-12)11-6-7-13-14(10-11)17-9-8-16-13/h6-10,12H,1-5H2. The molecule has 1 aromatic heterocycles. The van der Waals surface area contributed by atoms with E-state index in [-0.39, 0.29) is 12.1 Å². The molecule has 1 aliphatic rings. The Balaban J connectivity index is 1.77. The van der Waals surface area contributed by atoms with E-state index < -0.39 is 0 Å². The number of esters is 1. The van der Waals surface area contributed by atoms with Crippen LogP contribution in [-0.4, -0.2) is 22.0 Å². The minimum atomic E-state index is -0.251. The van der Waals surface area contributed by atoms with Crippen molar-refractivity contribution in [1.82, 2.24) is 9.97 Å². The molecular formula is C15H16N2O2. The molecule has 1 heterocycles. The van der Waals surface area contributed by atoms with Gasteiger partial charge < -0.3 is 4.74 Å². The van der Waals surface area contributed by atoms with E-state index >= 15 is 0 Å². The predicted octanol–water partition coefficient (Wildman–Crippen LogP) is 3.12. The SMILES string of the molecule is O=C(OC1CCCCC1)c1ccc2nccnc2c1. The van der Waals surface area contributed by atoms with E-state index in [4.69, 9.17) is 4.74 Å². The number of benzene rings is 1. The maximum absolute atomic E-state index is 12.1. The average molecular weight is 256 g/mol. The predicted molar refractivity (Wildman–Crippen MR) is 71.8 cm³/mol. The second kappa shape index (κ2) is 5.34. The summed E-state index contributed by atoms with van der Waals surface area (Å²) in [6.45, 7) is 0. The van der Waals surface area contributed by atoms with Gasteiger partial charge in [0.25, 0.3) is 0 Å². The summed E-state index contributed by atoms with van der Waals surface area (Å²) in [7, 11) is 0. The largest absolute Gasteiger partial charge is 0.459 e. The van der Waals surface area contributed by atoms with Crippen molar-refractivity contribution in [3.63, 3.8) is 0 Å². The molecule has 0 spiro atoms. The van der Waals surface area contributed by atoms with Gasteiger partial charge in [-0.05, 0) is 43.9 Å². The summed E-state index contributed by atoms with van der Waals surface area (Å²) in [6.07, 6.45) is 8.87. The first kappa shape index (κ1) is 12.1. The summed E-state index contributed by atoms with van der Waals surface area (Å²) in [5, 5.41) is 0. The fraction of sp³-hybridized carbons (Fsp3) is 0.400. The summed E-state index contributed by atoms with van der Waals surface area (Å²) >= 11 is 0. The van der Waals surface area contributed by atoms with Gasteiger partial charge in [-0.1, -0.05) is 6.42 Å². The first-order valence-electron chi connectivity index (χ1n) is 6.75. The van der Waals surface area contributed by atoms with Crippen LogP contribution in [0, 0.1) is 0 Å². The van der Waals surface area contributed by atoms with Crippen molar-refractivity contribution in [3.05, 3.63) is 36.2 Å². The molecule has 1 aromatic carbocycles. The van der Waals surface area contributed by atoms with Crippen LogP contribution in [0.4, 0.5) is 0 Å². The third-order valence-electron chi connectivity index (χ3n) is 3.53. The van der Waals surface area contributed by atoms with Crippen molar-refractivity contribution in [3.8, 4) is 0 Å². The third-order valence-corrected chi connectivity index (χ3v) is 3.53. The number of hydrogen-bond acceptors (Lipinski definition) is 4. The Morgan fingerprint density at radius 1 is 1.05 bits per heavy atom. The lowest BCUT2D eigenvalue weighted by molar-refractivity contribution is 0.0211. The summed E-state index contributed by atoms with van der Waals surface area (Å²) in [5.74, 6) is -0.251. The maximum atomic E-state index is 12.1. The van der Waals surface area contributed by atoms with Gasteiger partial charge >= 0.3 is 5.97 Å². The number of rotatable bonds is 2. The number of aromatic nitrogens is 2. The van der Waals surface area contributed by atoms with E-state index in [0.29, 0.717) is 5.56 Å². The number of ether oxygens (including phenoxy) is 1. The second-order valence-electron chi connectivity index (χ2n) is 4.93. The average Bonchev–Trinajstić information content (AvgIpc) is 2.48. The van der Waals surface area contributed by atoms with Crippen LogP contribution in [0.1, 0.15) is 42.5 Å². The Hall–Kier alpha value is -1.97. The second-order valence-corrected chi connectivity index (χ2v) is 4.93. The van der Waals surface area contributed by atoms with E-state index in [0.717, 1.165) is 36.7 Å². The molecule has 1 fully saturated rings. The van der Waals surface area contributed by atoms with Crippen molar-refractivity contribution in [2.75, 3.05) is 0 Å². The molecule has 2 aromatic rings. The highest BCUT2D eigenvalue weighted by molar-refractivity contribution is 5.93.